The van der Waals surface area contributed by atoms with Crippen LogP contribution < -0.4 is 0 Å². The Hall–Kier alpha value is -1.58. The van der Waals surface area contributed by atoms with E-state index in [4.69, 9.17) is 4.42 Å². The lowest BCUT2D eigenvalue weighted by molar-refractivity contribution is 0.0444. The van der Waals surface area contributed by atoms with E-state index in [1.807, 2.05) is 26.0 Å². The van der Waals surface area contributed by atoms with Crippen LogP contribution in [0.25, 0.3) is 11.3 Å². The molecule has 1 atom stereocenters. The van der Waals surface area contributed by atoms with E-state index >= 15 is 0 Å². The van der Waals surface area contributed by atoms with E-state index in [0.717, 1.165) is 50.4 Å². The molecule has 1 fully saturated rings. The highest BCUT2D eigenvalue weighted by Gasteiger charge is 2.25. The van der Waals surface area contributed by atoms with Gasteiger partial charge >= 0.3 is 0 Å². The molecule has 0 unspecified atom stereocenters. The summed E-state index contributed by atoms with van der Waals surface area (Å²) in [5.41, 5.74) is 1.96. The summed E-state index contributed by atoms with van der Waals surface area (Å²) in [6.07, 6.45) is 2.78. The second kappa shape index (κ2) is 6.27. The summed E-state index contributed by atoms with van der Waals surface area (Å²) < 4.78 is 5.80. The van der Waals surface area contributed by atoms with Crippen molar-refractivity contribution < 1.29 is 9.52 Å². The number of hydrogen-bond donors (Lipinski definition) is 1. The maximum Gasteiger partial charge on any atom is 0.134 e. The highest BCUT2D eigenvalue weighted by Crippen LogP contribution is 2.28. The highest BCUT2D eigenvalue weighted by atomic mass is 16.3. The zero-order valence-corrected chi connectivity index (χ0v) is 13.5. The van der Waals surface area contributed by atoms with Crippen LogP contribution in [-0.4, -0.2) is 28.7 Å². The first-order chi connectivity index (χ1) is 10.5. The van der Waals surface area contributed by atoms with Gasteiger partial charge in [0.25, 0.3) is 0 Å². The third-order valence-corrected chi connectivity index (χ3v) is 4.57. The Labute approximate surface area is 132 Å². The zero-order valence-electron chi connectivity index (χ0n) is 13.5. The van der Waals surface area contributed by atoms with Gasteiger partial charge in [0.2, 0.25) is 0 Å². The molecule has 1 saturated heterocycles. The van der Waals surface area contributed by atoms with Crippen molar-refractivity contribution >= 4 is 0 Å². The van der Waals surface area contributed by atoms with E-state index < -0.39 is 5.60 Å². The topological polar surface area (TPSA) is 36.6 Å². The van der Waals surface area contributed by atoms with Crippen LogP contribution in [0.5, 0.6) is 0 Å². The molecule has 3 nitrogen and oxygen atoms in total. The number of aryl methyl sites for hydroxylation is 1. The molecule has 0 spiro atoms. The minimum absolute atomic E-state index is 0.508. The summed E-state index contributed by atoms with van der Waals surface area (Å²) in [5, 5.41) is 10.2. The van der Waals surface area contributed by atoms with Gasteiger partial charge in [0, 0.05) is 18.7 Å². The van der Waals surface area contributed by atoms with Gasteiger partial charge in [-0.25, -0.2) is 0 Å². The molecule has 2 heterocycles. The first-order valence-electron chi connectivity index (χ1n) is 8.13. The molecule has 3 rings (SSSR count). The average molecular weight is 299 g/mol. The molecule has 1 aromatic heterocycles. The summed E-state index contributed by atoms with van der Waals surface area (Å²) in [4.78, 5) is 2.44. The van der Waals surface area contributed by atoms with Crippen molar-refractivity contribution in [3.05, 3.63) is 47.7 Å². The van der Waals surface area contributed by atoms with Gasteiger partial charge in [-0.1, -0.05) is 24.3 Å². The third-order valence-electron chi connectivity index (χ3n) is 4.57. The van der Waals surface area contributed by atoms with E-state index in [1.165, 1.54) is 11.1 Å². The van der Waals surface area contributed by atoms with Crippen LogP contribution in [0.4, 0.5) is 0 Å². The van der Waals surface area contributed by atoms with Gasteiger partial charge in [0.1, 0.15) is 11.5 Å². The molecule has 0 saturated carbocycles. The molecule has 0 bridgehead atoms. The van der Waals surface area contributed by atoms with Crippen LogP contribution in [0, 0.1) is 6.92 Å². The minimum Gasteiger partial charge on any atom is -0.461 e. The Balaban J connectivity index is 1.78. The van der Waals surface area contributed by atoms with E-state index in [1.54, 1.807) is 0 Å². The van der Waals surface area contributed by atoms with Gasteiger partial charge < -0.3 is 9.52 Å². The minimum atomic E-state index is -0.508. The maximum absolute atomic E-state index is 10.2. The van der Waals surface area contributed by atoms with Crippen molar-refractivity contribution in [3.63, 3.8) is 0 Å². The molecule has 0 amide bonds. The Morgan fingerprint density at radius 2 is 1.95 bits per heavy atom. The van der Waals surface area contributed by atoms with E-state index in [-0.39, 0.29) is 0 Å². The summed E-state index contributed by atoms with van der Waals surface area (Å²) in [6, 6.07) is 12.5. The van der Waals surface area contributed by atoms with Crippen LogP contribution in [-0.2, 0) is 6.54 Å². The van der Waals surface area contributed by atoms with Crippen LogP contribution in [0.2, 0.25) is 0 Å². The van der Waals surface area contributed by atoms with Crippen molar-refractivity contribution in [2.24, 2.45) is 0 Å². The van der Waals surface area contributed by atoms with E-state index in [2.05, 4.69) is 29.2 Å². The standard InChI is InChI=1S/C19H25NO2/c1-15-8-9-18(22-15)17-7-4-3-6-16(17)14-20-12-5-10-19(2,21)11-13-20/h3-4,6-9,21H,5,10-14H2,1-2H3/t19-/m1/s1. The number of nitrogens with zero attached hydrogens (tertiary/aromatic N) is 1. The van der Waals surface area contributed by atoms with Gasteiger partial charge in [-0.05, 0) is 57.4 Å². The predicted octanol–water partition coefficient (Wildman–Crippen LogP) is 3.99. The van der Waals surface area contributed by atoms with Crippen LogP contribution in [0.1, 0.15) is 37.5 Å². The first kappa shape index (κ1) is 15.3. The van der Waals surface area contributed by atoms with Crippen LogP contribution >= 0.6 is 0 Å². The van der Waals surface area contributed by atoms with E-state index in [9.17, 15) is 5.11 Å². The molecule has 22 heavy (non-hydrogen) atoms. The summed E-state index contributed by atoms with van der Waals surface area (Å²) >= 11 is 0. The molecular formula is C19H25NO2. The Bertz CT molecular complexity index is 630. The van der Waals surface area contributed by atoms with Crippen molar-refractivity contribution in [2.75, 3.05) is 13.1 Å². The normalized spacial score (nSPS) is 23.4. The fourth-order valence-corrected chi connectivity index (χ4v) is 3.20. The summed E-state index contributed by atoms with van der Waals surface area (Å²) in [6.45, 7) is 6.82. The molecule has 118 valence electrons. The summed E-state index contributed by atoms with van der Waals surface area (Å²) in [5.74, 6) is 1.88. The highest BCUT2D eigenvalue weighted by molar-refractivity contribution is 5.62. The van der Waals surface area contributed by atoms with Crippen molar-refractivity contribution in [1.29, 1.82) is 0 Å². The van der Waals surface area contributed by atoms with Gasteiger partial charge in [-0.3, -0.25) is 4.90 Å². The Morgan fingerprint density at radius 1 is 1.14 bits per heavy atom. The maximum atomic E-state index is 10.2. The van der Waals surface area contributed by atoms with Gasteiger partial charge in [-0.15, -0.1) is 0 Å². The molecule has 1 aliphatic rings. The quantitative estimate of drug-likeness (QED) is 0.931. The number of furan rings is 1. The van der Waals surface area contributed by atoms with Crippen molar-refractivity contribution in [3.8, 4) is 11.3 Å². The van der Waals surface area contributed by atoms with Crippen LogP contribution in [0.3, 0.4) is 0 Å². The molecule has 2 aromatic rings. The number of benzene rings is 1. The number of hydrogen-bond acceptors (Lipinski definition) is 3. The fraction of sp³-hybridized carbons (Fsp3) is 0.474. The van der Waals surface area contributed by atoms with Crippen LogP contribution in [0.15, 0.2) is 40.8 Å². The summed E-state index contributed by atoms with van der Waals surface area (Å²) in [7, 11) is 0. The second-order valence-electron chi connectivity index (χ2n) is 6.69. The largest absolute Gasteiger partial charge is 0.461 e. The predicted molar refractivity (Wildman–Crippen MR) is 88.6 cm³/mol. The Kier molecular flexibility index (Phi) is 4.37. The molecular weight excluding hydrogens is 274 g/mol. The van der Waals surface area contributed by atoms with E-state index in [0.29, 0.717) is 0 Å². The lowest BCUT2D eigenvalue weighted by Crippen LogP contribution is -2.28. The Morgan fingerprint density at radius 3 is 2.73 bits per heavy atom. The molecule has 1 aromatic carbocycles. The zero-order chi connectivity index (χ0) is 15.6. The van der Waals surface area contributed by atoms with Gasteiger partial charge in [-0.2, -0.15) is 0 Å². The lowest BCUT2D eigenvalue weighted by Gasteiger charge is -2.23. The molecule has 0 aliphatic carbocycles. The van der Waals surface area contributed by atoms with Crippen molar-refractivity contribution in [2.45, 2.75) is 45.3 Å². The fourth-order valence-electron chi connectivity index (χ4n) is 3.20. The molecule has 1 aliphatic heterocycles. The second-order valence-corrected chi connectivity index (χ2v) is 6.69. The molecule has 1 N–H and O–H groups in total. The lowest BCUT2D eigenvalue weighted by atomic mass is 9.98. The monoisotopic (exact) mass is 299 g/mol. The number of rotatable bonds is 3. The van der Waals surface area contributed by atoms with Gasteiger partial charge in [0.05, 0.1) is 5.60 Å². The smallest absolute Gasteiger partial charge is 0.134 e. The average Bonchev–Trinajstić information content (AvgIpc) is 2.83. The SMILES string of the molecule is Cc1ccc(-c2ccccc2CN2CCC[C@@](C)(O)CC2)o1. The van der Waals surface area contributed by atoms with Gasteiger partial charge in [0.15, 0.2) is 0 Å². The number of aliphatic hydroxyl groups is 1. The van der Waals surface area contributed by atoms with Crippen molar-refractivity contribution in [1.82, 2.24) is 4.90 Å². The number of likely N-dealkylation sites (tertiary alicyclic amines) is 1. The molecule has 3 heteroatoms. The first-order valence-corrected chi connectivity index (χ1v) is 8.13. The molecule has 0 radical (unpaired) electrons. The third kappa shape index (κ3) is 3.60.